The van der Waals surface area contributed by atoms with Gasteiger partial charge in [-0.15, -0.1) is 0 Å². The first kappa shape index (κ1) is 18.3. The molecule has 1 saturated heterocycles. The highest BCUT2D eigenvalue weighted by molar-refractivity contribution is 7.89. The Bertz CT molecular complexity index is 761. The fraction of sp³-hybridized carbons (Fsp3) is 0.750. The zero-order chi connectivity index (χ0) is 18.4. The van der Waals surface area contributed by atoms with Crippen molar-refractivity contribution in [1.29, 1.82) is 0 Å². The number of rotatable bonds is 5. The summed E-state index contributed by atoms with van der Waals surface area (Å²) in [6.45, 7) is 7.26. The molecule has 1 N–H and O–H groups in total. The summed E-state index contributed by atoms with van der Waals surface area (Å²) in [7, 11) is -1.81. The van der Waals surface area contributed by atoms with E-state index in [1.54, 1.807) is 25.6 Å². The van der Waals surface area contributed by atoms with Gasteiger partial charge in [0.25, 0.3) is 0 Å². The molecule has 1 aliphatic heterocycles. The summed E-state index contributed by atoms with van der Waals surface area (Å²) in [4.78, 5) is 14.5. The molecular weight excluding hydrogens is 342 g/mol. The number of sulfonamides is 1. The third kappa shape index (κ3) is 3.58. The Morgan fingerprint density at radius 3 is 2.28 bits per heavy atom. The van der Waals surface area contributed by atoms with E-state index in [1.165, 1.54) is 4.31 Å². The lowest BCUT2D eigenvalue weighted by Crippen LogP contribution is -2.55. The van der Waals surface area contributed by atoms with Crippen LogP contribution in [0.25, 0.3) is 0 Å². The highest BCUT2D eigenvalue weighted by atomic mass is 32.2. The maximum Gasteiger partial charge on any atom is 0.246 e. The van der Waals surface area contributed by atoms with Gasteiger partial charge in [0.15, 0.2) is 0 Å². The molecule has 2 fully saturated rings. The average molecular weight is 369 g/mol. The topological polar surface area (TPSA) is 87.5 Å². The van der Waals surface area contributed by atoms with Gasteiger partial charge in [-0.1, -0.05) is 0 Å². The van der Waals surface area contributed by atoms with Crippen LogP contribution in [-0.4, -0.2) is 71.6 Å². The predicted octanol–water partition coefficient (Wildman–Crippen LogP) is 0.0103. The number of amides is 1. The van der Waals surface area contributed by atoms with Crippen LogP contribution in [0, 0.1) is 13.8 Å². The normalized spacial score (nSPS) is 21.3. The van der Waals surface area contributed by atoms with Gasteiger partial charge in [0.1, 0.15) is 4.90 Å². The van der Waals surface area contributed by atoms with Crippen LogP contribution >= 0.6 is 0 Å². The summed E-state index contributed by atoms with van der Waals surface area (Å²) in [5.41, 5.74) is 1.18. The van der Waals surface area contributed by atoms with Crippen LogP contribution in [0.1, 0.15) is 31.2 Å². The molecule has 1 aromatic rings. The number of nitrogens with one attached hydrogen (secondary N) is 1. The zero-order valence-electron chi connectivity index (χ0n) is 15.3. The third-order valence-electron chi connectivity index (χ3n) is 5.16. The number of carbonyl (C=O) groups excluding carboxylic acids is 1. The van der Waals surface area contributed by atoms with Crippen LogP contribution in [0.3, 0.4) is 0 Å². The average Bonchev–Trinajstić information content (AvgIpc) is 3.33. The Labute approximate surface area is 149 Å². The number of hydrogen-bond acceptors (Lipinski definition) is 5. The van der Waals surface area contributed by atoms with Gasteiger partial charge < -0.3 is 5.32 Å². The number of piperazine rings is 1. The molecule has 1 amide bonds. The summed E-state index contributed by atoms with van der Waals surface area (Å²) in [6, 6.07) is 0.112. The van der Waals surface area contributed by atoms with Gasteiger partial charge >= 0.3 is 0 Å². The van der Waals surface area contributed by atoms with Crippen molar-refractivity contribution < 1.29 is 13.2 Å². The molecule has 0 aromatic carbocycles. The molecule has 1 aromatic heterocycles. The monoisotopic (exact) mass is 369 g/mol. The van der Waals surface area contributed by atoms with Crippen LogP contribution < -0.4 is 5.32 Å². The minimum Gasteiger partial charge on any atom is -0.352 e. The summed E-state index contributed by atoms with van der Waals surface area (Å²) < 4.78 is 29.1. The van der Waals surface area contributed by atoms with Crippen molar-refractivity contribution in [3.8, 4) is 0 Å². The Balaban J connectivity index is 1.66. The maximum atomic E-state index is 13.0. The van der Waals surface area contributed by atoms with Crippen molar-refractivity contribution in [2.45, 2.75) is 50.6 Å². The largest absolute Gasteiger partial charge is 0.352 e. The molecule has 2 aliphatic rings. The van der Waals surface area contributed by atoms with E-state index in [4.69, 9.17) is 0 Å². The first-order valence-electron chi connectivity index (χ1n) is 8.76. The fourth-order valence-corrected chi connectivity index (χ4v) is 5.12. The quantitative estimate of drug-likeness (QED) is 0.790. The first-order chi connectivity index (χ1) is 11.7. The Kier molecular flexibility index (Phi) is 4.91. The molecule has 9 heteroatoms. The van der Waals surface area contributed by atoms with Crippen LogP contribution in [0.5, 0.6) is 0 Å². The summed E-state index contributed by atoms with van der Waals surface area (Å²) >= 11 is 0. The standard InChI is InChI=1S/C16H27N5O3S/c1-11-15(12(2)19(4)18-11)25(23,24)21-9-7-20(8-10-21)13(3)16(22)17-14-5-6-14/h13-14H,5-10H2,1-4H3,(H,17,22). The minimum absolute atomic E-state index is 0.0396. The van der Waals surface area contributed by atoms with Crippen molar-refractivity contribution in [1.82, 2.24) is 24.3 Å². The Morgan fingerprint density at radius 2 is 1.80 bits per heavy atom. The van der Waals surface area contributed by atoms with E-state index in [0.717, 1.165) is 12.8 Å². The summed E-state index contributed by atoms with van der Waals surface area (Å²) in [6.07, 6.45) is 2.13. The van der Waals surface area contributed by atoms with Crippen molar-refractivity contribution >= 4 is 15.9 Å². The van der Waals surface area contributed by atoms with Gasteiger partial charge in [0.2, 0.25) is 15.9 Å². The minimum atomic E-state index is -3.56. The maximum absolute atomic E-state index is 13.0. The van der Waals surface area contributed by atoms with E-state index in [2.05, 4.69) is 10.4 Å². The van der Waals surface area contributed by atoms with Gasteiger partial charge in [-0.05, 0) is 33.6 Å². The number of aryl methyl sites for hydroxylation is 2. The second-order valence-corrected chi connectivity index (χ2v) is 8.90. The fourth-order valence-electron chi connectivity index (χ4n) is 3.30. The second kappa shape index (κ2) is 6.69. The van der Waals surface area contributed by atoms with Crippen molar-refractivity contribution in [3.05, 3.63) is 11.4 Å². The molecular formula is C16H27N5O3S. The van der Waals surface area contributed by atoms with Crippen LogP contribution in [0.2, 0.25) is 0 Å². The summed E-state index contributed by atoms with van der Waals surface area (Å²) in [5.74, 6) is 0.0396. The van der Waals surface area contributed by atoms with Crippen molar-refractivity contribution in [3.63, 3.8) is 0 Å². The van der Waals surface area contributed by atoms with E-state index in [9.17, 15) is 13.2 Å². The SMILES string of the molecule is Cc1nn(C)c(C)c1S(=O)(=O)N1CCN(C(C)C(=O)NC2CC2)CC1. The van der Waals surface area contributed by atoms with Gasteiger partial charge in [0.05, 0.1) is 17.4 Å². The number of aromatic nitrogens is 2. The molecule has 1 aliphatic carbocycles. The third-order valence-corrected chi connectivity index (χ3v) is 7.32. The van der Waals surface area contributed by atoms with Crippen molar-refractivity contribution in [2.75, 3.05) is 26.2 Å². The molecule has 140 valence electrons. The van der Waals surface area contributed by atoms with E-state index in [0.29, 0.717) is 48.5 Å². The van der Waals surface area contributed by atoms with Gasteiger partial charge in [0, 0.05) is 39.3 Å². The van der Waals surface area contributed by atoms with E-state index < -0.39 is 10.0 Å². The lowest BCUT2D eigenvalue weighted by atomic mass is 10.2. The molecule has 25 heavy (non-hydrogen) atoms. The molecule has 1 atom stereocenters. The molecule has 0 bridgehead atoms. The van der Waals surface area contributed by atoms with Gasteiger partial charge in [-0.25, -0.2) is 8.42 Å². The summed E-state index contributed by atoms with van der Waals surface area (Å²) in [5, 5.41) is 7.23. The lowest BCUT2D eigenvalue weighted by Gasteiger charge is -2.36. The lowest BCUT2D eigenvalue weighted by molar-refractivity contribution is -0.126. The highest BCUT2D eigenvalue weighted by Gasteiger charge is 2.35. The number of carbonyl (C=O) groups is 1. The molecule has 2 heterocycles. The number of hydrogen-bond donors (Lipinski definition) is 1. The van der Waals surface area contributed by atoms with Crippen LogP contribution in [0.4, 0.5) is 0 Å². The molecule has 1 unspecified atom stereocenters. The van der Waals surface area contributed by atoms with Crippen LogP contribution in [0.15, 0.2) is 4.90 Å². The molecule has 8 nitrogen and oxygen atoms in total. The van der Waals surface area contributed by atoms with Crippen molar-refractivity contribution in [2.24, 2.45) is 7.05 Å². The van der Waals surface area contributed by atoms with E-state index in [-0.39, 0.29) is 11.9 Å². The first-order valence-corrected chi connectivity index (χ1v) is 10.2. The van der Waals surface area contributed by atoms with E-state index >= 15 is 0 Å². The zero-order valence-corrected chi connectivity index (χ0v) is 16.1. The molecule has 3 rings (SSSR count). The smallest absolute Gasteiger partial charge is 0.246 e. The molecule has 0 radical (unpaired) electrons. The van der Waals surface area contributed by atoms with Gasteiger partial charge in [-0.3, -0.25) is 14.4 Å². The predicted molar refractivity (Wildman–Crippen MR) is 93.6 cm³/mol. The Hall–Kier alpha value is -1.45. The van der Waals surface area contributed by atoms with E-state index in [1.807, 2.05) is 11.8 Å². The number of nitrogens with zero attached hydrogens (tertiary/aromatic N) is 4. The van der Waals surface area contributed by atoms with Crippen LogP contribution in [-0.2, 0) is 21.9 Å². The molecule has 1 saturated carbocycles. The molecule has 0 spiro atoms. The highest BCUT2D eigenvalue weighted by Crippen LogP contribution is 2.24. The Morgan fingerprint density at radius 1 is 1.20 bits per heavy atom. The second-order valence-electron chi connectivity index (χ2n) is 7.02. The van der Waals surface area contributed by atoms with Gasteiger partial charge in [-0.2, -0.15) is 9.40 Å².